The van der Waals surface area contributed by atoms with E-state index in [0.717, 1.165) is 23.0 Å². The van der Waals surface area contributed by atoms with Crippen molar-refractivity contribution in [3.8, 4) is 11.5 Å². The number of aromatic nitrogens is 3. The van der Waals surface area contributed by atoms with Gasteiger partial charge in [-0.05, 0) is 63.5 Å². The number of halogens is 2. The van der Waals surface area contributed by atoms with E-state index in [1.807, 2.05) is 12.1 Å². The number of H-pyrrole nitrogens is 1. The molecule has 18 heavy (non-hydrogen) atoms. The molecule has 1 saturated carbocycles. The van der Waals surface area contributed by atoms with Gasteiger partial charge in [0.05, 0.1) is 5.69 Å². The highest BCUT2D eigenvalue weighted by Crippen LogP contribution is 2.40. The van der Waals surface area contributed by atoms with Crippen LogP contribution in [0, 0.1) is 3.57 Å². The first-order chi connectivity index (χ1) is 8.65. The molecule has 0 saturated heterocycles. The van der Waals surface area contributed by atoms with Gasteiger partial charge >= 0.3 is 0 Å². The number of aromatic amines is 1. The quantitative estimate of drug-likeness (QED) is 0.764. The van der Waals surface area contributed by atoms with Gasteiger partial charge in [-0.15, -0.1) is 0 Å². The molecule has 0 aliphatic heterocycles. The third kappa shape index (κ3) is 2.35. The van der Waals surface area contributed by atoms with Gasteiger partial charge in [-0.2, -0.15) is 0 Å². The smallest absolute Gasteiger partial charge is 0.264 e. The minimum absolute atomic E-state index is 0.0766. The van der Waals surface area contributed by atoms with Gasteiger partial charge in [0.15, 0.2) is 5.82 Å². The van der Waals surface area contributed by atoms with Crippen LogP contribution in [0.5, 0.6) is 0 Å². The van der Waals surface area contributed by atoms with Gasteiger partial charge in [0, 0.05) is 16.6 Å². The Labute approximate surface area is 126 Å². The fourth-order valence-electron chi connectivity index (χ4n) is 1.74. The van der Waals surface area contributed by atoms with E-state index >= 15 is 0 Å². The second-order valence-corrected chi connectivity index (χ2v) is 6.24. The van der Waals surface area contributed by atoms with Crippen molar-refractivity contribution in [2.45, 2.75) is 18.8 Å². The summed E-state index contributed by atoms with van der Waals surface area (Å²) in [6, 6.07) is 3.73. The number of hydrogen-bond donors (Lipinski definition) is 1. The molecular weight excluding hydrogens is 409 g/mol. The molecular formula is C12H9BrIN3O. The van der Waals surface area contributed by atoms with Crippen LogP contribution in [0.3, 0.4) is 0 Å². The molecule has 1 fully saturated rings. The minimum atomic E-state index is -0.0766. The summed E-state index contributed by atoms with van der Waals surface area (Å²) in [7, 11) is 0. The predicted octanol–water partition coefficient (Wildman–Crippen LogP) is 3.08. The van der Waals surface area contributed by atoms with Gasteiger partial charge in [-0.1, -0.05) is 0 Å². The largest absolute Gasteiger partial charge is 0.304 e. The number of pyridine rings is 1. The molecule has 4 nitrogen and oxygen atoms in total. The lowest BCUT2D eigenvalue weighted by Crippen LogP contribution is -2.16. The van der Waals surface area contributed by atoms with Crippen LogP contribution in [0.4, 0.5) is 0 Å². The van der Waals surface area contributed by atoms with Crippen molar-refractivity contribution in [3.05, 3.63) is 42.4 Å². The van der Waals surface area contributed by atoms with E-state index in [-0.39, 0.29) is 5.56 Å². The molecule has 2 heterocycles. The van der Waals surface area contributed by atoms with Crippen LogP contribution in [-0.2, 0) is 0 Å². The highest BCUT2D eigenvalue weighted by atomic mass is 127. The van der Waals surface area contributed by atoms with Crippen molar-refractivity contribution in [2.75, 3.05) is 0 Å². The molecule has 2 aromatic rings. The van der Waals surface area contributed by atoms with Gasteiger partial charge < -0.3 is 4.98 Å². The van der Waals surface area contributed by atoms with E-state index in [1.165, 1.54) is 0 Å². The van der Waals surface area contributed by atoms with E-state index < -0.39 is 0 Å². The first-order valence-electron chi connectivity index (χ1n) is 5.57. The van der Waals surface area contributed by atoms with Gasteiger partial charge in [0.25, 0.3) is 5.56 Å². The lowest BCUT2D eigenvalue weighted by atomic mass is 10.2. The van der Waals surface area contributed by atoms with Gasteiger partial charge in [-0.25, -0.2) is 4.98 Å². The topological polar surface area (TPSA) is 58.6 Å². The van der Waals surface area contributed by atoms with Crippen LogP contribution in [0.25, 0.3) is 11.5 Å². The fraction of sp³-hybridized carbons (Fsp3) is 0.250. The molecule has 0 aromatic carbocycles. The monoisotopic (exact) mass is 417 g/mol. The summed E-state index contributed by atoms with van der Waals surface area (Å²) in [5.41, 5.74) is 1.53. The Morgan fingerprint density at radius 2 is 2.17 bits per heavy atom. The second kappa shape index (κ2) is 4.73. The summed E-state index contributed by atoms with van der Waals surface area (Å²) < 4.78 is 1.61. The van der Waals surface area contributed by atoms with Crippen LogP contribution in [0.2, 0.25) is 0 Å². The van der Waals surface area contributed by atoms with Gasteiger partial charge in [-0.3, -0.25) is 9.78 Å². The highest BCUT2D eigenvalue weighted by Gasteiger charge is 2.29. The van der Waals surface area contributed by atoms with Crippen LogP contribution in [0.1, 0.15) is 24.5 Å². The molecule has 1 aliphatic carbocycles. The molecule has 6 heteroatoms. The van der Waals surface area contributed by atoms with Crippen LogP contribution >= 0.6 is 38.5 Å². The van der Waals surface area contributed by atoms with Gasteiger partial charge in [0.2, 0.25) is 0 Å². The SMILES string of the molecule is O=c1[nH]c(-c2ccc(Br)cn2)nc(C2CC2)c1I. The summed E-state index contributed by atoms with van der Waals surface area (Å²) in [5, 5.41) is 0. The van der Waals surface area contributed by atoms with Crippen LogP contribution in [-0.4, -0.2) is 15.0 Å². The second-order valence-electron chi connectivity index (χ2n) is 4.25. The Bertz CT molecular complexity index is 649. The third-order valence-corrected chi connectivity index (χ3v) is 4.33. The zero-order chi connectivity index (χ0) is 12.7. The maximum absolute atomic E-state index is 11.9. The van der Waals surface area contributed by atoms with Crippen molar-refractivity contribution in [1.29, 1.82) is 0 Å². The first kappa shape index (κ1) is 12.3. The maximum Gasteiger partial charge on any atom is 0.264 e. The Kier molecular flexibility index (Phi) is 3.23. The number of nitrogens with zero attached hydrogens (tertiary/aromatic N) is 2. The highest BCUT2D eigenvalue weighted by molar-refractivity contribution is 14.1. The van der Waals surface area contributed by atoms with E-state index in [0.29, 0.717) is 21.0 Å². The third-order valence-electron chi connectivity index (χ3n) is 2.82. The van der Waals surface area contributed by atoms with E-state index in [4.69, 9.17) is 0 Å². The lowest BCUT2D eigenvalue weighted by molar-refractivity contribution is 0.952. The summed E-state index contributed by atoms with van der Waals surface area (Å²) >= 11 is 5.40. The van der Waals surface area contributed by atoms with E-state index in [9.17, 15) is 4.79 Å². The van der Waals surface area contributed by atoms with Crippen molar-refractivity contribution in [3.63, 3.8) is 0 Å². The normalized spacial score (nSPS) is 14.8. The average Bonchev–Trinajstić information content (AvgIpc) is 3.18. The standard InChI is InChI=1S/C12H9BrIN3O/c13-7-3-4-8(15-5-7)11-16-10(6-1-2-6)9(14)12(18)17-11/h3-6H,1-2H2,(H,16,17,18). The van der Waals surface area contributed by atoms with Crippen LogP contribution in [0.15, 0.2) is 27.6 Å². The zero-order valence-electron chi connectivity index (χ0n) is 9.28. The summed E-state index contributed by atoms with van der Waals surface area (Å²) in [6.07, 6.45) is 3.95. The summed E-state index contributed by atoms with van der Waals surface area (Å²) in [5.74, 6) is 1.00. The predicted molar refractivity (Wildman–Crippen MR) is 80.5 cm³/mol. The van der Waals surface area contributed by atoms with Crippen molar-refractivity contribution < 1.29 is 0 Å². The van der Waals surface area contributed by atoms with Gasteiger partial charge in [0.1, 0.15) is 9.26 Å². The molecule has 3 rings (SSSR count). The molecule has 0 unspecified atom stereocenters. The Morgan fingerprint density at radius 3 is 2.78 bits per heavy atom. The molecule has 0 amide bonds. The average molecular weight is 418 g/mol. The molecule has 0 radical (unpaired) electrons. The Morgan fingerprint density at radius 1 is 1.39 bits per heavy atom. The number of hydrogen-bond acceptors (Lipinski definition) is 3. The van der Waals surface area contributed by atoms with Crippen molar-refractivity contribution >= 4 is 38.5 Å². The summed E-state index contributed by atoms with van der Waals surface area (Å²) in [6.45, 7) is 0. The fourth-order valence-corrected chi connectivity index (χ4v) is 2.67. The molecule has 0 spiro atoms. The van der Waals surface area contributed by atoms with E-state index in [1.54, 1.807) is 6.20 Å². The van der Waals surface area contributed by atoms with Crippen molar-refractivity contribution in [1.82, 2.24) is 15.0 Å². The maximum atomic E-state index is 11.9. The lowest BCUT2D eigenvalue weighted by Gasteiger charge is -2.05. The molecule has 1 N–H and O–H groups in total. The number of nitrogens with one attached hydrogen (secondary N) is 1. The molecule has 2 aromatic heterocycles. The first-order valence-corrected chi connectivity index (χ1v) is 7.44. The minimum Gasteiger partial charge on any atom is -0.304 e. The van der Waals surface area contributed by atoms with E-state index in [2.05, 4.69) is 53.5 Å². The number of rotatable bonds is 2. The molecule has 0 bridgehead atoms. The molecule has 1 aliphatic rings. The zero-order valence-corrected chi connectivity index (χ0v) is 13.0. The van der Waals surface area contributed by atoms with Crippen molar-refractivity contribution in [2.24, 2.45) is 0 Å². The molecule has 92 valence electrons. The van der Waals surface area contributed by atoms with Crippen LogP contribution < -0.4 is 5.56 Å². The Balaban J connectivity index is 2.12. The Hall–Kier alpha value is -0.760. The summed E-state index contributed by atoms with van der Waals surface area (Å²) in [4.78, 5) is 23.5. The molecule has 0 atom stereocenters.